The first-order chi connectivity index (χ1) is 10.6. The predicted molar refractivity (Wildman–Crippen MR) is 107 cm³/mol. The summed E-state index contributed by atoms with van der Waals surface area (Å²) in [5.41, 5.74) is 6.11. The number of nitrogens with two attached hydrogens (primary N) is 1. The molecule has 25 heavy (non-hydrogen) atoms. The fourth-order valence-electron chi connectivity index (χ4n) is 2.41. The second-order valence-electron chi connectivity index (χ2n) is 8.02. The van der Waals surface area contributed by atoms with Crippen molar-refractivity contribution in [2.24, 2.45) is 17.1 Å². The third kappa shape index (κ3) is 10.2. The van der Waals surface area contributed by atoms with Crippen LogP contribution in [0.25, 0.3) is 0 Å². The summed E-state index contributed by atoms with van der Waals surface area (Å²) in [5.74, 6) is -0.210. The number of nitrogens with one attached hydrogen (secondary N) is 1. The van der Waals surface area contributed by atoms with Gasteiger partial charge in [0.1, 0.15) is 0 Å². The molecule has 1 saturated heterocycles. The van der Waals surface area contributed by atoms with Crippen molar-refractivity contribution in [3.05, 3.63) is 0 Å². The molecule has 0 spiro atoms. The zero-order valence-electron chi connectivity index (χ0n) is 16.2. The second-order valence-corrected chi connectivity index (χ2v) is 8.02. The van der Waals surface area contributed by atoms with Crippen LogP contribution in [0.4, 0.5) is 0 Å². The lowest BCUT2D eigenvalue weighted by atomic mass is 9.92. The summed E-state index contributed by atoms with van der Waals surface area (Å²) in [4.78, 5) is 28.2. The average molecular weight is 399 g/mol. The van der Waals surface area contributed by atoms with Crippen molar-refractivity contribution >= 4 is 36.6 Å². The van der Waals surface area contributed by atoms with Crippen LogP contribution < -0.4 is 11.1 Å². The maximum absolute atomic E-state index is 12.2. The molecule has 0 radical (unpaired) electrons. The van der Waals surface area contributed by atoms with Gasteiger partial charge < -0.3 is 16.0 Å². The molecule has 0 bridgehead atoms. The van der Waals surface area contributed by atoms with Crippen LogP contribution in [0.2, 0.25) is 0 Å². The Labute approximate surface area is 165 Å². The summed E-state index contributed by atoms with van der Waals surface area (Å²) < 4.78 is 0. The number of carbonyl (C=O) groups is 2. The Morgan fingerprint density at radius 3 is 2.04 bits per heavy atom. The van der Waals surface area contributed by atoms with Gasteiger partial charge in [-0.3, -0.25) is 14.5 Å². The molecule has 1 fully saturated rings. The van der Waals surface area contributed by atoms with Gasteiger partial charge in [0.2, 0.25) is 11.8 Å². The summed E-state index contributed by atoms with van der Waals surface area (Å²) in [7, 11) is 0. The maximum Gasteiger partial charge on any atom is 0.242 e. The minimum atomic E-state index is -0.558. The van der Waals surface area contributed by atoms with E-state index >= 15 is 0 Å². The minimum Gasteiger partial charge on any atom is -0.346 e. The molecule has 8 heteroatoms. The Balaban J connectivity index is 0. The van der Waals surface area contributed by atoms with Gasteiger partial charge in [-0.2, -0.15) is 0 Å². The molecule has 1 atom stereocenters. The summed E-state index contributed by atoms with van der Waals surface area (Å²) in [6.45, 7) is 14.9. The fraction of sp³-hybridized carbons (Fsp3) is 0.882. The van der Waals surface area contributed by atoms with Gasteiger partial charge in [0, 0.05) is 26.2 Å². The zero-order chi connectivity index (χ0) is 17.6. The SMILES string of the molecule is CC(C)[C@H](N)C(=O)NCC(=O)N1CCN(CCC(C)(C)C)CC1.Cl.Cl. The highest BCUT2D eigenvalue weighted by molar-refractivity contribution is 5.87. The number of hydrogen-bond donors (Lipinski definition) is 2. The first-order valence-electron chi connectivity index (χ1n) is 8.63. The van der Waals surface area contributed by atoms with Gasteiger partial charge in [0.05, 0.1) is 12.6 Å². The van der Waals surface area contributed by atoms with Crippen LogP contribution in [-0.4, -0.2) is 66.9 Å². The Bertz CT molecular complexity index is 406. The van der Waals surface area contributed by atoms with Crippen LogP contribution in [0.1, 0.15) is 41.0 Å². The summed E-state index contributed by atoms with van der Waals surface area (Å²) >= 11 is 0. The normalized spacial score (nSPS) is 16.7. The van der Waals surface area contributed by atoms with Crippen molar-refractivity contribution in [1.29, 1.82) is 0 Å². The molecule has 0 aliphatic carbocycles. The fourth-order valence-corrected chi connectivity index (χ4v) is 2.41. The van der Waals surface area contributed by atoms with E-state index in [4.69, 9.17) is 5.73 Å². The zero-order valence-corrected chi connectivity index (χ0v) is 17.8. The van der Waals surface area contributed by atoms with E-state index in [0.717, 1.165) is 39.1 Å². The molecule has 1 rings (SSSR count). The Morgan fingerprint density at radius 1 is 1.08 bits per heavy atom. The highest BCUT2D eigenvalue weighted by Crippen LogP contribution is 2.19. The Hall–Kier alpha value is -0.560. The Morgan fingerprint density at radius 2 is 1.60 bits per heavy atom. The van der Waals surface area contributed by atoms with E-state index < -0.39 is 6.04 Å². The van der Waals surface area contributed by atoms with Gasteiger partial charge in [-0.15, -0.1) is 24.8 Å². The van der Waals surface area contributed by atoms with E-state index in [1.807, 2.05) is 18.7 Å². The molecule has 2 amide bonds. The molecular weight excluding hydrogens is 363 g/mol. The number of piperazine rings is 1. The highest BCUT2D eigenvalue weighted by atomic mass is 35.5. The average Bonchev–Trinajstić information content (AvgIpc) is 2.49. The molecule has 0 saturated carbocycles. The number of halogens is 2. The lowest BCUT2D eigenvalue weighted by Crippen LogP contribution is -2.53. The molecule has 6 nitrogen and oxygen atoms in total. The van der Waals surface area contributed by atoms with Crippen LogP contribution in [0.5, 0.6) is 0 Å². The van der Waals surface area contributed by atoms with Crippen LogP contribution in [0, 0.1) is 11.3 Å². The third-order valence-electron chi connectivity index (χ3n) is 4.34. The first-order valence-corrected chi connectivity index (χ1v) is 8.63. The maximum atomic E-state index is 12.2. The van der Waals surface area contributed by atoms with Gasteiger partial charge >= 0.3 is 0 Å². The number of hydrogen-bond acceptors (Lipinski definition) is 4. The van der Waals surface area contributed by atoms with Crippen LogP contribution in [-0.2, 0) is 9.59 Å². The molecule has 0 aromatic carbocycles. The monoisotopic (exact) mass is 398 g/mol. The van der Waals surface area contributed by atoms with E-state index in [2.05, 4.69) is 31.0 Å². The summed E-state index contributed by atoms with van der Waals surface area (Å²) in [6.07, 6.45) is 1.16. The summed E-state index contributed by atoms with van der Waals surface area (Å²) in [5, 5.41) is 2.65. The van der Waals surface area contributed by atoms with E-state index in [9.17, 15) is 9.59 Å². The van der Waals surface area contributed by atoms with Crippen LogP contribution >= 0.6 is 24.8 Å². The van der Waals surface area contributed by atoms with Gasteiger partial charge in [-0.1, -0.05) is 34.6 Å². The van der Waals surface area contributed by atoms with Gasteiger partial charge in [0.25, 0.3) is 0 Å². The van der Waals surface area contributed by atoms with E-state index in [0.29, 0.717) is 5.41 Å². The molecule has 3 N–H and O–H groups in total. The van der Waals surface area contributed by atoms with E-state index in [1.54, 1.807) is 0 Å². The predicted octanol–water partition coefficient (Wildman–Crippen LogP) is 1.51. The van der Waals surface area contributed by atoms with Gasteiger partial charge in [0.15, 0.2) is 0 Å². The summed E-state index contributed by atoms with van der Waals surface area (Å²) in [6, 6.07) is -0.558. The van der Waals surface area contributed by atoms with Crippen molar-refractivity contribution < 1.29 is 9.59 Å². The number of carbonyl (C=O) groups excluding carboxylic acids is 2. The highest BCUT2D eigenvalue weighted by Gasteiger charge is 2.23. The largest absolute Gasteiger partial charge is 0.346 e. The number of nitrogens with zero attached hydrogens (tertiary/aromatic N) is 2. The molecule has 0 unspecified atom stereocenters. The van der Waals surface area contributed by atoms with E-state index in [1.165, 1.54) is 0 Å². The minimum absolute atomic E-state index is 0. The van der Waals surface area contributed by atoms with Gasteiger partial charge in [-0.25, -0.2) is 0 Å². The topological polar surface area (TPSA) is 78.7 Å². The molecule has 0 aromatic rings. The molecule has 150 valence electrons. The molecule has 1 heterocycles. The molecule has 0 aromatic heterocycles. The Kier molecular flexibility index (Phi) is 12.7. The molecule has 1 aliphatic heterocycles. The first kappa shape index (κ1) is 26.7. The second kappa shape index (κ2) is 11.9. The van der Waals surface area contributed by atoms with Crippen molar-refractivity contribution in [3.63, 3.8) is 0 Å². The smallest absolute Gasteiger partial charge is 0.242 e. The molecule has 1 aliphatic rings. The lowest BCUT2D eigenvalue weighted by molar-refractivity contribution is -0.134. The quantitative estimate of drug-likeness (QED) is 0.710. The molecular formula is C17H36Cl2N4O2. The number of amides is 2. The van der Waals surface area contributed by atoms with E-state index in [-0.39, 0.29) is 49.1 Å². The van der Waals surface area contributed by atoms with Crippen molar-refractivity contribution in [3.8, 4) is 0 Å². The number of rotatable bonds is 6. The standard InChI is InChI=1S/C17H34N4O2.2ClH/c1-13(2)15(18)16(23)19-12-14(22)21-10-8-20(9-11-21)7-6-17(3,4)5;;/h13,15H,6-12,18H2,1-5H3,(H,19,23);2*1H/t15-;;/m0../s1. The van der Waals surface area contributed by atoms with Gasteiger partial charge in [-0.05, 0) is 24.3 Å². The van der Waals surface area contributed by atoms with Crippen LogP contribution in [0.15, 0.2) is 0 Å². The van der Waals surface area contributed by atoms with Crippen molar-refractivity contribution in [2.45, 2.75) is 47.1 Å². The lowest BCUT2D eigenvalue weighted by Gasteiger charge is -2.36. The third-order valence-corrected chi connectivity index (χ3v) is 4.34. The van der Waals surface area contributed by atoms with Crippen molar-refractivity contribution in [1.82, 2.24) is 15.1 Å². The van der Waals surface area contributed by atoms with Crippen LogP contribution in [0.3, 0.4) is 0 Å². The van der Waals surface area contributed by atoms with Crippen molar-refractivity contribution in [2.75, 3.05) is 39.3 Å².